The standard InChI is InChI=1S/C13H24N4S/c1-10-11(2)18-12(15-10)17-7-5-16(6-8-17)9-13(3,4)14/h5-9,14H2,1-4H3. The average molecular weight is 268 g/mol. The zero-order valence-corrected chi connectivity index (χ0v) is 12.7. The van der Waals surface area contributed by atoms with Crippen LogP contribution in [0.15, 0.2) is 0 Å². The third-order valence-corrected chi connectivity index (χ3v) is 4.42. The van der Waals surface area contributed by atoms with Crippen LogP contribution in [-0.4, -0.2) is 48.1 Å². The highest BCUT2D eigenvalue weighted by molar-refractivity contribution is 7.15. The van der Waals surface area contributed by atoms with Gasteiger partial charge < -0.3 is 10.6 Å². The maximum atomic E-state index is 6.07. The van der Waals surface area contributed by atoms with Crippen molar-refractivity contribution >= 4 is 16.5 Å². The highest BCUT2D eigenvalue weighted by atomic mass is 32.1. The summed E-state index contributed by atoms with van der Waals surface area (Å²) in [4.78, 5) is 10.8. The molecular weight excluding hydrogens is 244 g/mol. The molecule has 0 aliphatic carbocycles. The van der Waals surface area contributed by atoms with Gasteiger partial charge in [0.1, 0.15) is 0 Å². The van der Waals surface area contributed by atoms with Gasteiger partial charge in [0.25, 0.3) is 0 Å². The smallest absolute Gasteiger partial charge is 0.185 e. The van der Waals surface area contributed by atoms with Gasteiger partial charge in [-0.1, -0.05) is 0 Å². The van der Waals surface area contributed by atoms with E-state index in [-0.39, 0.29) is 5.54 Å². The van der Waals surface area contributed by atoms with Crippen molar-refractivity contribution in [2.24, 2.45) is 5.73 Å². The summed E-state index contributed by atoms with van der Waals surface area (Å²) in [5.74, 6) is 0. The number of thiazole rings is 1. The Bertz CT molecular complexity index is 380. The van der Waals surface area contributed by atoms with Crippen molar-refractivity contribution in [3.8, 4) is 0 Å². The number of aryl methyl sites for hydroxylation is 2. The molecule has 18 heavy (non-hydrogen) atoms. The molecule has 0 saturated carbocycles. The summed E-state index contributed by atoms with van der Waals surface area (Å²) in [5, 5.41) is 1.18. The van der Waals surface area contributed by atoms with Gasteiger partial charge in [-0.25, -0.2) is 4.98 Å². The molecule has 0 bridgehead atoms. The van der Waals surface area contributed by atoms with Crippen molar-refractivity contribution in [3.05, 3.63) is 10.6 Å². The van der Waals surface area contributed by atoms with Gasteiger partial charge in [0.2, 0.25) is 0 Å². The van der Waals surface area contributed by atoms with E-state index < -0.39 is 0 Å². The second-order valence-corrected chi connectivity index (χ2v) is 7.07. The van der Waals surface area contributed by atoms with Gasteiger partial charge in [-0.15, -0.1) is 11.3 Å². The number of aromatic nitrogens is 1. The van der Waals surface area contributed by atoms with Crippen LogP contribution in [0.2, 0.25) is 0 Å². The molecule has 1 aliphatic rings. The van der Waals surface area contributed by atoms with Gasteiger partial charge in [0.15, 0.2) is 5.13 Å². The van der Waals surface area contributed by atoms with Crippen LogP contribution in [-0.2, 0) is 0 Å². The van der Waals surface area contributed by atoms with E-state index in [0.717, 1.165) is 32.7 Å². The summed E-state index contributed by atoms with van der Waals surface area (Å²) in [7, 11) is 0. The molecule has 1 aliphatic heterocycles. The van der Waals surface area contributed by atoms with E-state index in [1.54, 1.807) is 11.3 Å². The van der Waals surface area contributed by atoms with E-state index in [1.807, 2.05) is 0 Å². The Labute approximate surface area is 114 Å². The highest BCUT2D eigenvalue weighted by Gasteiger charge is 2.23. The fourth-order valence-corrected chi connectivity index (χ4v) is 3.23. The quantitative estimate of drug-likeness (QED) is 0.905. The lowest BCUT2D eigenvalue weighted by Gasteiger charge is -2.37. The summed E-state index contributed by atoms with van der Waals surface area (Å²) in [6, 6.07) is 0. The van der Waals surface area contributed by atoms with Gasteiger partial charge in [-0.2, -0.15) is 0 Å². The van der Waals surface area contributed by atoms with Crippen molar-refractivity contribution in [1.29, 1.82) is 0 Å². The van der Waals surface area contributed by atoms with E-state index in [9.17, 15) is 0 Å². The third kappa shape index (κ3) is 3.43. The first-order valence-electron chi connectivity index (χ1n) is 6.55. The van der Waals surface area contributed by atoms with Gasteiger partial charge >= 0.3 is 0 Å². The van der Waals surface area contributed by atoms with Crippen LogP contribution in [0.25, 0.3) is 0 Å². The van der Waals surface area contributed by atoms with Crippen molar-refractivity contribution in [2.45, 2.75) is 33.2 Å². The van der Waals surface area contributed by atoms with Crippen LogP contribution in [0.4, 0.5) is 5.13 Å². The van der Waals surface area contributed by atoms with Crippen LogP contribution in [0.5, 0.6) is 0 Å². The number of rotatable bonds is 3. The Balaban J connectivity index is 1.90. The van der Waals surface area contributed by atoms with Gasteiger partial charge in [0, 0.05) is 43.1 Å². The molecule has 1 aromatic rings. The number of anilines is 1. The molecule has 0 unspecified atom stereocenters. The van der Waals surface area contributed by atoms with Crippen molar-refractivity contribution in [3.63, 3.8) is 0 Å². The zero-order valence-electron chi connectivity index (χ0n) is 11.9. The minimum Gasteiger partial charge on any atom is -0.346 e. The second-order valence-electron chi connectivity index (χ2n) is 5.89. The molecule has 5 heteroatoms. The molecule has 0 radical (unpaired) electrons. The Kier molecular flexibility index (Phi) is 3.94. The predicted molar refractivity (Wildman–Crippen MR) is 78.5 cm³/mol. The maximum absolute atomic E-state index is 6.07. The van der Waals surface area contributed by atoms with E-state index in [4.69, 9.17) is 5.73 Å². The molecule has 0 atom stereocenters. The molecule has 102 valence electrons. The molecule has 1 aromatic heterocycles. The van der Waals surface area contributed by atoms with Gasteiger partial charge in [-0.3, -0.25) is 4.90 Å². The van der Waals surface area contributed by atoms with Crippen LogP contribution >= 0.6 is 11.3 Å². The van der Waals surface area contributed by atoms with E-state index in [0.29, 0.717) is 0 Å². The minimum absolute atomic E-state index is 0.101. The molecule has 0 spiro atoms. The molecule has 2 rings (SSSR count). The van der Waals surface area contributed by atoms with E-state index in [1.165, 1.54) is 15.7 Å². The number of nitrogens with two attached hydrogens (primary N) is 1. The summed E-state index contributed by atoms with van der Waals surface area (Å²) in [6.45, 7) is 13.7. The van der Waals surface area contributed by atoms with Crippen LogP contribution in [0.1, 0.15) is 24.4 Å². The Hall–Kier alpha value is -0.650. The Morgan fingerprint density at radius 2 is 1.83 bits per heavy atom. The Morgan fingerprint density at radius 1 is 1.22 bits per heavy atom. The van der Waals surface area contributed by atoms with Gasteiger partial charge in [0.05, 0.1) is 5.69 Å². The largest absolute Gasteiger partial charge is 0.346 e. The number of nitrogens with zero attached hydrogens (tertiary/aromatic N) is 3. The first-order chi connectivity index (χ1) is 8.35. The summed E-state index contributed by atoms with van der Waals surface area (Å²) in [6.07, 6.45) is 0. The van der Waals surface area contributed by atoms with Crippen molar-refractivity contribution in [1.82, 2.24) is 9.88 Å². The van der Waals surface area contributed by atoms with Crippen molar-refractivity contribution < 1.29 is 0 Å². The first kappa shape index (κ1) is 13.8. The lowest BCUT2D eigenvalue weighted by Crippen LogP contribution is -2.53. The number of hydrogen-bond acceptors (Lipinski definition) is 5. The Morgan fingerprint density at radius 3 is 2.28 bits per heavy atom. The first-order valence-corrected chi connectivity index (χ1v) is 7.37. The summed E-state index contributed by atoms with van der Waals surface area (Å²) < 4.78 is 0. The normalized spacial score (nSPS) is 18.4. The second kappa shape index (κ2) is 5.15. The summed E-state index contributed by atoms with van der Waals surface area (Å²) in [5.41, 5.74) is 7.14. The molecule has 2 heterocycles. The molecule has 2 N–H and O–H groups in total. The van der Waals surface area contributed by atoms with Crippen molar-refractivity contribution in [2.75, 3.05) is 37.6 Å². The maximum Gasteiger partial charge on any atom is 0.185 e. The lowest BCUT2D eigenvalue weighted by molar-refractivity contribution is 0.214. The fourth-order valence-electron chi connectivity index (χ4n) is 2.26. The topological polar surface area (TPSA) is 45.4 Å². The van der Waals surface area contributed by atoms with Crippen LogP contribution in [0, 0.1) is 13.8 Å². The zero-order chi connectivity index (χ0) is 13.3. The monoisotopic (exact) mass is 268 g/mol. The van der Waals surface area contributed by atoms with E-state index in [2.05, 4.69) is 42.5 Å². The van der Waals surface area contributed by atoms with E-state index >= 15 is 0 Å². The van der Waals surface area contributed by atoms with Crippen LogP contribution < -0.4 is 10.6 Å². The minimum atomic E-state index is -0.101. The molecule has 0 amide bonds. The number of piperazine rings is 1. The molecular formula is C13H24N4S. The number of hydrogen-bond donors (Lipinski definition) is 1. The predicted octanol–water partition coefficient (Wildman–Crippen LogP) is 1.62. The highest BCUT2D eigenvalue weighted by Crippen LogP contribution is 2.26. The molecule has 4 nitrogen and oxygen atoms in total. The SMILES string of the molecule is Cc1nc(N2CCN(CC(C)(C)N)CC2)sc1C. The van der Waals surface area contributed by atoms with Crippen LogP contribution in [0.3, 0.4) is 0 Å². The molecule has 0 aromatic carbocycles. The summed E-state index contributed by atoms with van der Waals surface area (Å²) >= 11 is 1.81. The average Bonchev–Trinajstić information content (AvgIpc) is 2.58. The fraction of sp³-hybridized carbons (Fsp3) is 0.769. The lowest BCUT2D eigenvalue weighted by atomic mass is 10.1. The third-order valence-electron chi connectivity index (χ3n) is 3.29. The molecule has 1 fully saturated rings. The van der Waals surface area contributed by atoms with Gasteiger partial charge in [-0.05, 0) is 27.7 Å². The molecule has 1 saturated heterocycles.